The van der Waals surface area contributed by atoms with Gasteiger partial charge >= 0.3 is 6.09 Å². The van der Waals surface area contributed by atoms with Gasteiger partial charge in [-0.15, -0.1) is 0 Å². The second-order valence-electron chi connectivity index (χ2n) is 7.75. The van der Waals surface area contributed by atoms with Crippen LogP contribution in [-0.2, 0) is 11.3 Å². The van der Waals surface area contributed by atoms with Crippen molar-refractivity contribution in [3.8, 4) is 0 Å². The number of nitrogens with zero attached hydrogens (tertiary/aromatic N) is 1. The summed E-state index contributed by atoms with van der Waals surface area (Å²) in [6.07, 6.45) is 4.28. The van der Waals surface area contributed by atoms with Crippen molar-refractivity contribution in [1.82, 2.24) is 4.90 Å². The Bertz CT molecular complexity index is 562. The molecular formula is C19H28BrNO3. The third kappa shape index (κ3) is 6.10. The maximum Gasteiger partial charge on any atom is 0.410 e. The second kappa shape index (κ2) is 7.87. The van der Waals surface area contributed by atoms with E-state index in [0.29, 0.717) is 13.1 Å². The van der Waals surface area contributed by atoms with E-state index in [1.807, 2.05) is 45.0 Å². The number of hydrogen-bond donors (Lipinski definition) is 1. The lowest BCUT2D eigenvalue weighted by atomic mass is 9.84. The Labute approximate surface area is 153 Å². The fraction of sp³-hybridized carbons (Fsp3) is 0.632. The first-order valence-corrected chi connectivity index (χ1v) is 9.41. The number of carbonyl (C=O) groups excluding carboxylic acids is 1. The molecule has 1 amide bonds. The Morgan fingerprint density at radius 1 is 1.29 bits per heavy atom. The number of amides is 1. The van der Waals surface area contributed by atoms with Gasteiger partial charge in [0.25, 0.3) is 0 Å². The zero-order chi connectivity index (χ0) is 17.8. The Hall–Kier alpha value is -1.07. The van der Waals surface area contributed by atoms with Crippen molar-refractivity contribution in [1.29, 1.82) is 0 Å². The number of hydrogen-bond acceptors (Lipinski definition) is 3. The maximum atomic E-state index is 12.6. The summed E-state index contributed by atoms with van der Waals surface area (Å²) in [6, 6.07) is 7.87. The molecule has 0 saturated heterocycles. The number of ether oxygens (including phenoxy) is 1. The van der Waals surface area contributed by atoms with E-state index in [4.69, 9.17) is 4.74 Å². The number of halogens is 1. The largest absolute Gasteiger partial charge is 0.444 e. The molecule has 0 radical (unpaired) electrons. The maximum absolute atomic E-state index is 12.6. The van der Waals surface area contributed by atoms with Crippen molar-refractivity contribution in [3.63, 3.8) is 0 Å². The predicted octanol–water partition coefficient (Wildman–Crippen LogP) is 4.88. The summed E-state index contributed by atoms with van der Waals surface area (Å²) in [5, 5.41) is 10.9. The van der Waals surface area contributed by atoms with Crippen LogP contribution in [0.3, 0.4) is 0 Å². The van der Waals surface area contributed by atoms with Crippen LogP contribution in [0, 0.1) is 0 Å². The summed E-state index contributed by atoms with van der Waals surface area (Å²) in [6.45, 7) is 6.32. The summed E-state index contributed by atoms with van der Waals surface area (Å²) in [4.78, 5) is 14.3. The molecule has 4 nitrogen and oxygen atoms in total. The molecule has 1 N–H and O–H groups in total. The minimum Gasteiger partial charge on any atom is -0.444 e. The fourth-order valence-electron chi connectivity index (χ4n) is 3.09. The van der Waals surface area contributed by atoms with Crippen LogP contribution in [0.15, 0.2) is 28.7 Å². The minimum atomic E-state index is -0.804. The number of aliphatic hydroxyl groups is 1. The molecule has 1 aromatic rings. The Morgan fingerprint density at radius 3 is 2.54 bits per heavy atom. The van der Waals surface area contributed by atoms with E-state index in [1.165, 1.54) is 0 Å². The molecule has 0 aliphatic heterocycles. The van der Waals surface area contributed by atoms with Crippen molar-refractivity contribution in [2.75, 3.05) is 6.54 Å². The van der Waals surface area contributed by atoms with Gasteiger partial charge in [-0.3, -0.25) is 0 Å². The molecule has 0 bridgehead atoms. The van der Waals surface area contributed by atoms with Crippen LogP contribution < -0.4 is 0 Å². The summed E-state index contributed by atoms with van der Waals surface area (Å²) >= 11 is 3.46. The van der Waals surface area contributed by atoms with Gasteiger partial charge in [-0.1, -0.05) is 47.3 Å². The highest BCUT2D eigenvalue weighted by Gasteiger charge is 2.34. The van der Waals surface area contributed by atoms with Gasteiger partial charge in [0, 0.05) is 11.0 Å². The van der Waals surface area contributed by atoms with Gasteiger partial charge in [-0.25, -0.2) is 4.79 Å². The van der Waals surface area contributed by atoms with Gasteiger partial charge in [0.2, 0.25) is 0 Å². The molecule has 1 aliphatic carbocycles. The van der Waals surface area contributed by atoms with E-state index in [0.717, 1.165) is 42.1 Å². The van der Waals surface area contributed by atoms with Gasteiger partial charge in [-0.05, 0) is 51.3 Å². The van der Waals surface area contributed by atoms with E-state index >= 15 is 0 Å². The van der Waals surface area contributed by atoms with Crippen LogP contribution in [-0.4, -0.2) is 33.8 Å². The quantitative estimate of drug-likeness (QED) is 0.787. The third-order valence-corrected chi connectivity index (χ3v) is 4.68. The van der Waals surface area contributed by atoms with Gasteiger partial charge in [0.15, 0.2) is 0 Å². The summed E-state index contributed by atoms with van der Waals surface area (Å²) in [5.74, 6) is 0. The van der Waals surface area contributed by atoms with Crippen LogP contribution in [0.4, 0.5) is 4.79 Å². The van der Waals surface area contributed by atoms with Crippen molar-refractivity contribution in [3.05, 3.63) is 34.3 Å². The molecule has 0 spiro atoms. The highest BCUT2D eigenvalue weighted by Crippen LogP contribution is 2.30. The molecule has 5 heteroatoms. The molecule has 24 heavy (non-hydrogen) atoms. The lowest BCUT2D eigenvalue weighted by molar-refractivity contribution is -0.0388. The Morgan fingerprint density at radius 2 is 1.96 bits per heavy atom. The molecule has 1 aliphatic rings. The summed E-state index contributed by atoms with van der Waals surface area (Å²) < 4.78 is 6.53. The number of benzene rings is 1. The van der Waals surface area contributed by atoms with E-state index in [9.17, 15) is 9.90 Å². The molecule has 0 unspecified atom stereocenters. The first-order valence-electron chi connectivity index (χ1n) is 8.62. The average molecular weight is 398 g/mol. The zero-order valence-electron chi connectivity index (χ0n) is 14.8. The summed E-state index contributed by atoms with van der Waals surface area (Å²) in [7, 11) is 0. The van der Waals surface area contributed by atoms with E-state index in [2.05, 4.69) is 15.9 Å². The highest BCUT2D eigenvalue weighted by atomic mass is 79.9. The smallest absolute Gasteiger partial charge is 0.410 e. The molecule has 0 heterocycles. The van der Waals surface area contributed by atoms with Crippen LogP contribution in [0.1, 0.15) is 58.4 Å². The molecule has 134 valence electrons. The molecule has 0 aromatic heterocycles. The normalized spacial score (nSPS) is 17.4. The predicted molar refractivity (Wildman–Crippen MR) is 98.8 cm³/mol. The molecule has 2 rings (SSSR count). The summed E-state index contributed by atoms with van der Waals surface area (Å²) in [5.41, 5.74) is -0.349. The second-order valence-corrected chi connectivity index (χ2v) is 8.67. The molecule has 1 aromatic carbocycles. The zero-order valence-corrected chi connectivity index (χ0v) is 16.4. The topological polar surface area (TPSA) is 49.8 Å². The van der Waals surface area contributed by atoms with Crippen LogP contribution in [0.5, 0.6) is 0 Å². The monoisotopic (exact) mass is 397 g/mol. The molecule has 1 saturated carbocycles. The van der Waals surface area contributed by atoms with Crippen molar-refractivity contribution in [2.24, 2.45) is 0 Å². The van der Waals surface area contributed by atoms with Crippen molar-refractivity contribution >= 4 is 22.0 Å². The van der Waals surface area contributed by atoms with Crippen molar-refractivity contribution < 1.29 is 14.6 Å². The van der Waals surface area contributed by atoms with Crippen LogP contribution in [0.2, 0.25) is 0 Å². The van der Waals surface area contributed by atoms with E-state index in [1.54, 1.807) is 4.90 Å². The number of rotatable bonds is 4. The lowest BCUT2D eigenvalue weighted by Gasteiger charge is -2.37. The van der Waals surface area contributed by atoms with E-state index in [-0.39, 0.29) is 6.09 Å². The standard InChI is InChI=1S/C19H28BrNO3/c1-18(2,3)24-17(22)21(13-15-8-7-9-16(20)12-15)14-19(23)10-5-4-6-11-19/h7-9,12,23H,4-6,10-11,13-14H2,1-3H3. The van der Waals surface area contributed by atoms with Gasteiger partial charge in [0.1, 0.15) is 5.60 Å². The van der Waals surface area contributed by atoms with Crippen LogP contribution >= 0.6 is 15.9 Å². The van der Waals surface area contributed by atoms with Crippen LogP contribution in [0.25, 0.3) is 0 Å². The third-order valence-electron chi connectivity index (χ3n) is 4.18. The molecule has 0 atom stereocenters. The van der Waals surface area contributed by atoms with Gasteiger partial charge in [-0.2, -0.15) is 0 Å². The highest BCUT2D eigenvalue weighted by molar-refractivity contribution is 9.10. The van der Waals surface area contributed by atoms with Gasteiger partial charge < -0.3 is 14.7 Å². The average Bonchev–Trinajstić information content (AvgIpc) is 2.45. The molecule has 1 fully saturated rings. The van der Waals surface area contributed by atoms with E-state index < -0.39 is 11.2 Å². The molecular weight excluding hydrogens is 370 g/mol. The first kappa shape index (κ1) is 19.3. The Balaban J connectivity index is 2.15. The fourth-order valence-corrected chi connectivity index (χ4v) is 3.54. The van der Waals surface area contributed by atoms with Crippen molar-refractivity contribution in [2.45, 2.75) is 70.6 Å². The first-order chi connectivity index (χ1) is 11.2. The SMILES string of the molecule is CC(C)(C)OC(=O)N(Cc1cccc(Br)c1)CC1(O)CCCCC1. The minimum absolute atomic E-state index is 0.314. The number of carbonyl (C=O) groups is 1. The Kier molecular flexibility index (Phi) is 6.32. The van der Waals surface area contributed by atoms with Gasteiger partial charge in [0.05, 0.1) is 12.1 Å². The lowest BCUT2D eigenvalue weighted by Crippen LogP contribution is -2.47.